The molecule has 0 bridgehead atoms. The van der Waals surface area contributed by atoms with E-state index >= 15 is 0 Å². The number of para-hydroxylation sites is 2. The molecule has 0 heterocycles. The van der Waals surface area contributed by atoms with Crippen LogP contribution in [-0.4, -0.2) is 38.2 Å². The topological polar surface area (TPSA) is 74.4 Å². The van der Waals surface area contributed by atoms with Crippen molar-refractivity contribution in [2.24, 2.45) is 20.7 Å². The highest BCUT2D eigenvalue weighted by atomic mass is 16.5. The molecule has 0 aliphatic heterocycles. The molecule has 0 aliphatic rings. The van der Waals surface area contributed by atoms with Crippen LogP contribution in [0.2, 0.25) is 0 Å². The Morgan fingerprint density at radius 3 is 1.23 bits per heavy atom. The molecule has 0 fully saturated rings. The number of benzene rings is 4. The van der Waals surface area contributed by atoms with Crippen molar-refractivity contribution in [1.82, 2.24) is 10.0 Å². The molecule has 0 atom stereocenters. The molecule has 0 saturated carbocycles. The van der Waals surface area contributed by atoms with Gasteiger partial charge in [0.05, 0.1) is 0 Å². The van der Waals surface area contributed by atoms with E-state index in [0.717, 1.165) is 11.5 Å². The van der Waals surface area contributed by atoms with Crippen LogP contribution in [0.15, 0.2) is 118 Å². The summed E-state index contributed by atoms with van der Waals surface area (Å²) < 4.78 is 12.2. The maximum Gasteiger partial charge on any atom is 0.154 e. The molecule has 0 unspecified atom stereocenters. The summed E-state index contributed by atoms with van der Waals surface area (Å²) in [6.45, 7) is 4.40. The summed E-state index contributed by atoms with van der Waals surface area (Å²) in [6.07, 6.45) is 0. The highest BCUT2D eigenvalue weighted by Crippen LogP contribution is 2.37. The minimum absolute atomic E-state index is 0.229. The van der Waals surface area contributed by atoms with Crippen LogP contribution >= 0.6 is 0 Å². The van der Waals surface area contributed by atoms with E-state index in [-0.39, 0.29) is 5.41 Å². The van der Waals surface area contributed by atoms with Gasteiger partial charge in [0.1, 0.15) is 22.9 Å². The van der Waals surface area contributed by atoms with Crippen molar-refractivity contribution in [3.8, 4) is 23.0 Å². The van der Waals surface area contributed by atoms with Crippen molar-refractivity contribution in [1.29, 1.82) is 0 Å². The van der Waals surface area contributed by atoms with Crippen molar-refractivity contribution in [2.45, 2.75) is 19.3 Å². The molecule has 39 heavy (non-hydrogen) atoms. The Kier molecular flexibility index (Phi) is 8.56. The average Bonchev–Trinajstić information content (AvgIpc) is 2.92. The molecule has 0 radical (unpaired) electrons. The zero-order chi connectivity index (χ0) is 27.8. The summed E-state index contributed by atoms with van der Waals surface area (Å²) in [5.41, 5.74) is 3.44. The lowest BCUT2D eigenvalue weighted by atomic mass is 9.78. The van der Waals surface area contributed by atoms with Crippen LogP contribution in [-0.2, 0) is 5.41 Å². The Balaban J connectivity index is 1.48. The summed E-state index contributed by atoms with van der Waals surface area (Å²) in [6, 6.07) is 31.5. The van der Waals surface area contributed by atoms with E-state index in [0.29, 0.717) is 22.9 Å². The molecular formula is C31H34N6O2. The second-order valence-corrected chi connectivity index (χ2v) is 9.89. The van der Waals surface area contributed by atoms with Crippen LogP contribution in [0.1, 0.15) is 25.0 Å². The van der Waals surface area contributed by atoms with Gasteiger partial charge in [0.2, 0.25) is 0 Å². The maximum atomic E-state index is 6.12. The van der Waals surface area contributed by atoms with Crippen molar-refractivity contribution < 1.29 is 9.47 Å². The fourth-order valence-electron chi connectivity index (χ4n) is 3.83. The predicted octanol–water partition coefficient (Wildman–Crippen LogP) is 8.72. The van der Waals surface area contributed by atoms with Gasteiger partial charge < -0.3 is 9.47 Å². The van der Waals surface area contributed by atoms with E-state index < -0.39 is 0 Å². The van der Waals surface area contributed by atoms with Crippen molar-refractivity contribution in [3.63, 3.8) is 0 Å². The summed E-state index contributed by atoms with van der Waals surface area (Å²) in [5.74, 6) is 2.76. The van der Waals surface area contributed by atoms with Crippen LogP contribution in [0, 0.1) is 0 Å². The largest absolute Gasteiger partial charge is 0.455 e. The van der Waals surface area contributed by atoms with Gasteiger partial charge in [0.15, 0.2) is 11.5 Å². The second-order valence-electron chi connectivity index (χ2n) is 9.89. The van der Waals surface area contributed by atoms with Gasteiger partial charge in [-0.25, -0.2) is 0 Å². The number of hydrogen-bond acceptors (Lipinski definition) is 6. The molecule has 4 aromatic rings. The lowest BCUT2D eigenvalue weighted by molar-refractivity contribution is 0.406. The van der Waals surface area contributed by atoms with Gasteiger partial charge in [0.25, 0.3) is 0 Å². The van der Waals surface area contributed by atoms with Crippen LogP contribution in [0.3, 0.4) is 0 Å². The Hall–Kier alpha value is -4.72. The molecule has 8 nitrogen and oxygen atoms in total. The molecule has 0 spiro atoms. The number of ether oxygens (including phenoxy) is 2. The number of hydrogen-bond donors (Lipinski definition) is 0. The van der Waals surface area contributed by atoms with Crippen molar-refractivity contribution in [3.05, 3.63) is 108 Å². The molecule has 0 aliphatic carbocycles. The molecule has 200 valence electrons. The first-order valence-corrected chi connectivity index (χ1v) is 12.6. The molecule has 0 N–H and O–H groups in total. The number of nitrogens with zero attached hydrogens (tertiary/aromatic N) is 6. The first kappa shape index (κ1) is 27.3. The normalized spacial score (nSPS) is 11.6. The number of rotatable bonds is 10. The third-order valence-corrected chi connectivity index (χ3v) is 6.00. The molecular weight excluding hydrogens is 488 g/mol. The first-order valence-electron chi connectivity index (χ1n) is 12.6. The van der Waals surface area contributed by atoms with Crippen LogP contribution in [0.25, 0.3) is 0 Å². The predicted molar refractivity (Wildman–Crippen MR) is 154 cm³/mol. The van der Waals surface area contributed by atoms with Crippen LogP contribution in [0.5, 0.6) is 23.0 Å². The third-order valence-electron chi connectivity index (χ3n) is 6.00. The van der Waals surface area contributed by atoms with E-state index in [9.17, 15) is 0 Å². The first-order chi connectivity index (χ1) is 18.7. The zero-order valence-electron chi connectivity index (χ0n) is 23.2. The lowest BCUT2D eigenvalue weighted by Gasteiger charge is -2.26. The van der Waals surface area contributed by atoms with E-state index in [2.05, 4.69) is 58.8 Å². The van der Waals surface area contributed by atoms with Crippen molar-refractivity contribution >= 4 is 11.4 Å². The summed E-state index contributed by atoms with van der Waals surface area (Å²) in [5, 5.41) is 20.0. The highest BCUT2D eigenvalue weighted by molar-refractivity contribution is 5.54. The fourth-order valence-corrected chi connectivity index (χ4v) is 3.83. The molecule has 8 heteroatoms. The van der Waals surface area contributed by atoms with E-state index in [1.54, 1.807) is 10.0 Å². The summed E-state index contributed by atoms with van der Waals surface area (Å²) >= 11 is 0. The minimum atomic E-state index is -0.229. The van der Waals surface area contributed by atoms with Gasteiger partial charge in [-0.2, -0.15) is 0 Å². The van der Waals surface area contributed by atoms with Gasteiger partial charge in [-0.05, 0) is 59.7 Å². The van der Waals surface area contributed by atoms with Crippen molar-refractivity contribution in [2.75, 3.05) is 28.2 Å². The van der Waals surface area contributed by atoms with E-state index in [4.69, 9.17) is 9.47 Å². The van der Waals surface area contributed by atoms with Gasteiger partial charge in [-0.15, -0.1) is 10.2 Å². The Morgan fingerprint density at radius 2 is 0.872 bits per heavy atom. The SMILES string of the molecule is CN(C)N=Nc1ccccc1Oc1ccc(C(C)(C)c2ccc(Oc3ccccc3N=NN(C)C)cc2)cc1. The van der Waals surface area contributed by atoms with Crippen LogP contribution < -0.4 is 9.47 Å². The standard InChI is InChI=1S/C31H34N6O2/c1-31(2,23-15-19-25(20-16-23)38-29-13-9-7-11-27(29)32-34-36(3)4)24-17-21-26(22-18-24)39-30-14-10-8-12-28(30)33-35-37(5)6/h7-22H,1-6H3. The van der Waals surface area contributed by atoms with Crippen LogP contribution in [0.4, 0.5) is 11.4 Å². The quantitative estimate of drug-likeness (QED) is 0.154. The molecule has 4 aromatic carbocycles. The average molecular weight is 523 g/mol. The van der Waals surface area contributed by atoms with Gasteiger partial charge >= 0.3 is 0 Å². The monoisotopic (exact) mass is 522 g/mol. The molecule has 4 rings (SSSR count). The van der Waals surface area contributed by atoms with Gasteiger partial charge in [-0.1, -0.05) is 72.8 Å². The Bertz CT molecular complexity index is 1320. The lowest BCUT2D eigenvalue weighted by Crippen LogP contribution is -2.18. The minimum Gasteiger partial charge on any atom is -0.455 e. The van der Waals surface area contributed by atoms with Gasteiger partial charge in [0, 0.05) is 33.6 Å². The van der Waals surface area contributed by atoms with Gasteiger partial charge in [-0.3, -0.25) is 10.0 Å². The smallest absolute Gasteiger partial charge is 0.154 e. The molecule has 0 saturated heterocycles. The molecule has 0 amide bonds. The Labute approximate surface area is 230 Å². The molecule has 0 aromatic heterocycles. The fraction of sp³-hybridized carbons (Fsp3) is 0.226. The van der Waals surface area contributed by atoms with E-state index in [1.165, 1.54) is 11.1 Å². The summed E-state index contributed by atoms with van der Waals surface area (Å²) in [4.78, 5) is 0. The second kappa shape index (κ2) is 12.2. The third kappa shape index (κ3) is 7.19. The highest BCUT2D eigenvalue weighted by Gasteiger charge is 2.23. The summed E-state index contributed by atoms with van der Waals surface area (Å²) in [7, 11) is 7.31. The zero-order valence-corrected chi connectivity index (χ0v) is 23.2. The van der Waals surface area contributed by atoms with E-state index in [1.807, 2.05) is 101 Å². The Morgan fingerprint density at radius 1 is 0.513 bits per heavy atom. The maximum absolute atomic E-state index is 6.12.